The minimum atomic E-state index is -5.84. The zero-order valence-electron chi connectivity index (χ0n) is 16.9. The number of carbonyl (C=O) groups is 3. The van der Waals surface area contributed by atoms with E-state index in [1.54, 1.807) is 0 Å². The van der Waals surface area contributed by atoms with Gasteiger partial charge in [-0.3, -0.25) is 14.4 Å². The molecule has 0 spiro atoms. The summed E-state index contributed by atoms with van der Waals surface area (Å²) in [4.78, 5) is 34.2. The molecule has 13 heteroatoms. The van der Waals surface area contributed by atoms with Crippen molar-refractivity contribution < 1.29 is 49.6 Å². The molecule has 9 nitrogen and oxygen atoms in total. The Morgan fingerprint density at radius 1 is 1.00 bits per heavy atom. The minimum absolute atomic E-state index is 0.0304. The van der Waals surface area contributed by atoms with Gasteiger partial charge in [0.15, 0.2) is 0 Å². The van der Waals surface area contributed by atoms with E-state index in [4.69, 9.17) is 9.47 Å². The largest absolute Gasteiger partial charge is 0.534 e. The first kappa shape index (κ1) is 26.2. The molecule has 0 bridgehead atoms. The molecule has 31 heavy (non-hydrogen) atoms. The van der Waals surface area contributed by atoms with Crippen LogP contribution in [0.3, 0.4) is 0 Å². The number of esters is 2. The summed E-state index contributed by atoms with van der Waals surface area (Å²) >= 11 is 0. The van der Waals surface area contributed by atoms with E-state index in [1.807, 2.05) is 0 Å². The normalized spacial score (nSPS) is 12.1. The van der Waals surface area contributed by atoms with Gasteiger partial charge in [0.05, 0.1) is 0 Å². The first-order chi connectivity index (χ1) is 14.2. The molecule has 0 aliphatic heterocycles. The summed E-state index contributed by atoms with van der Waals surface area (Å²) in [5, 5.41) is 2.58. The number of benzene rings is 1. The summed E-state index contributed by atoms with van der Waals surface area (Å²) in [6.45, 7) is 2.81. The molecule has 0 fully saturated rings. The molecule has 1 amide bonds. The summed E-state index contributed by atoms with van der Waals surface area (Å²) < 4.78 is 73.9. The molecule has 0 heterocycles. The number of ether oxygens (including phenoxy) is 2. The van der Waals surface area contributed by atoms with Crippen LogP contribution >= 0.6 is 0 Å². The van der Waals surface area contributed by atoms with Crippen molar-refractivity contribution in [1.82, 2.24) is 5.32 Å². The molecular weight excluding hydrogens is 447 g/mol. The fraction of sp³-hybridized carbons (Fsp3) is 0.500. The molecule has 1 aromatic carbocycles. The molecule has 0 aliphatic carbocycles. The number of rotatable bonds is 10. The topological polar surface area (TPSA) is 125 Å². The smallest absolute Gasteiger partial charge is 0.463 e. The predicted molar refractivity (Wildman–Crippen MR) is 100 cm³/mol. The number of hydrogen-bond acceptors (Lipinski definition) is 8. The quantitative estimate of drug-likeness (QED) is 0.313. The SMILES string of the molecule is CC(=O)NC(CCc1cccc(OS(=O)(=O)C(F)(F)F)c1)(COC(C)=O)COC(C)=O. The second-order valence-corrected chi connectivity index (χ2v) is 8.19. The van der Waals surface area contributed by atoms with Crippen molar-refractivity contribution in [2.24, 2.45) is 0 Å². The second kappa shape index (κ2) is 10.5. The van der Waals surface area contributed by atoms with Crippen LogP contribution < -0.4 is 9.50 Å². The third-order valence-electron chi connectivity index (χ3n) is 3.82. The summed E-state index contributed by atoms with van der Waals surface area (Å²) in [6.07, 6.45) is 0.106. The van der Waals surface area contributed by atoms with Crippen LogP contribution in [0.5, 0.6) is 5.75 Å². The molecule has 174 valence electrons. The first-order valence-corrected chi connectivity index (χ1v) is 10.2. The minimum Gasteiger partial charge on any atom is -0.463 e. The van der Waals surface area contributed by atoms with E-state index in [-0.39, 0.29) is 26.1 Å². The zero-order chi connectivity index (χ0) is 23.9. The average Bonchev–Trinajstić information content (AvgIpc) is 2.61. The van der Waals surface area contributed by atoms with Crippen LogP contribution in [0.1, 0.15) is 32.8 Å². The molecule has 0 unspecified atom stereocenters. The van der Waals surface area contributed by atoms with Crippen molar-refractivity contribution in [2.75, 3.05) is 13.2 Å². The summed E-state index contributed by atoms with van der Waals surface area (Å²) in [7, 11) is -5.84. The van der Waals surface area contributed by atoms with E-state index in [0.29, 0.717) is 5.56 Å². The van der Waals surface area contributed by atoms with Gasteiger partial charge in [0.25, 0.3) is 0 Å². The van der Waals surface area contributed by atoms with Crippen molar-refractivity contribution in [3.05, 3.63) is 29.8 Å². The van der Waals surface area contributed by atoms with Gasteiger partial charge in [-0.05, 0) is 30.5 Å². The standard InChI is InChI=1S/C18H22F3NO8S/c1-12(23)22-17(10-28-13(2)24,11-29-14(3)25)8-7-15-5-4-6-16(9-15)30-31(26,27)18(19,20)21/h4-6,9H,7-8,10-11H2,1-3H3,(H,22,23). The van der Waals surface area contributed by atoms with Crippen molar-refractivity contribution in [3.63, 3.8) is 0 Å². The number of alkyl halides is 3. The molecule has 0 radical (unpaired) electrons. The lowest BCUT2D eigenvalue weighted by Crippen LogP contribution is -2.55. The van der Waals surface area contributed by atoms with Gasteiger partial charge in [0.2, 0.25) is 5.91 Å². The van der Waals surface area contributed by atoms with Gasteiger partial charge >= 0.3 is 27.6 Å². The van der Waals surface area contributed by atoms with Crippen LogP contribution in [-0.2, 0) is 40.4 Å². The highest BCUT2D eigenvalue weighted by Gasteiger charge is 2.48. The molecule has 0 saturated carbocycles. The van der Waals surface area contributed by atoms with Crippen LogP contribution in [0.25, 0.3) is 0 Å². The van der Waals surface area contributed by atoms with Crippen molar-refractivity contribution in [3.8, 4) is 5.75 Å². The van der Waals surface area contributed by atoms with Crippen LogP contribution in [-0.4, -0.2) is 50.5 Å². The van der Waals surface area contributed by atoms with Gasteiger partial charge in [-0.25, -0.2) is 0 Å². The van der Waals surface area contributed by atoms with Crippen molar-refractivity contribution in [2.45, 2.75) is 44.7 Å². The Morgan fingerprint density at radius 3 is 2.00 bits per heavy atom. The Labute approximate surface area is 177 Å². The third kappa shape index (κ3) is 8.82. The highest BCUT2D eigenvalue weighted by molar-refractivity contribution is 7.88. The molecule has 0 atom stereocenters. The van der Waals surface area contributed by atoms with Gasteiger partial charge in [-0.1, -0.05) is 12.1 Å². The lowest BCUT2D eigenvalue weighted by molar-refractivity contribution is -0.150. The molecule has 0 aliphatic rings. The monoisotopic (exact) mass is 469 g/mol. The lowest BCUT2D eigenvalue weighted by Gasteiger charge is -2.33. The maximum Gasteiger partial charge on any atom is 0.534 e. The fourth-order valence-corrected chi connectivity index (χ4v) is 2.94. The average molecular weight is 469 g/mol. The van der Waals surface area contributed by atoms with Crippen LogP contribution in [0.4, 0.5) is 13.2 Å². The first-order valence-electron chi connectivity index (χ1n) is 8.81. The van der Waals surface area contributed by atoms with Gasteiger partial charge < -0.3 is 19.0 Å². The number of amides is 1. The van der Waals surface area contributed by atoms with Gasteiger partial charge in [-0.15, -0.1) is 0 Å². The Bertz CT molecular complexity index is 897. The van der Waals surface area contributed by atoms with E-state index >= 15 is 0 Å². The summed E-state index contributed by atoms with van der Waals surface area (Å²) in [5.74, 6) is -2.36. The summed E-state index contributed by atoms with van der Waals surface area (Å²) in [5.41, 5.74) is -6.55. The van der Waals surface area contributed by atoms with Crippen molar-refractivity contribution >= 4 is 28.0 Å². The number of hydrogen-bond donors (Lipinski definition) is 1. The van der Waals surface area contributed by atoms with Gasteiger partial charge in [-0.2, -0.15) is 21.6 Å². The van der Waals surface area contributed by atoms with Gasteiger partial charge in [0.1, 0.15) is 24.5 Å². The van der Waals surface area contributed by atoms with Gasteiger partial charge in [0, 0.05) is 20.8 Å². The molecule has 0 saturated heterocycles. The van der Waals surface area contributed by atoms with Crippen LogP contribution in [0.15, 0.2) is 24.3 Å². The molecule has 1 rings (SSSR count). The van der Waals surface area contributed by atoms with E-state index in [9.17, 15) is 36.0 Å². The molecule has 1 aromatic rings. The second-order valence-electron chi connectivity index (χ2n) is 6.65. The van der Waals surface area contributed by atoms with E-state index < -0.39 is 44.8 Å². The van der Waals surface area contributed by atoms with Crippen molar-refractivity contribution in [1.29, 1.82) is 0 Å². The highest BCUT2D eigenvalue weighted by atomic mass is 32.2. The Morgan fingerprint density at radius 2 is 1.55 bits per heavy atom. The molecule has 0 aromatic heterocycles. The number of carbonyl (C=O) groups excluding carboxylic acids is 3. The predicted octanol–water partition coefficient (Wildman–Crippen LogP) is 1.85. The third-order valence-corrected chi connectivity index (χ3v) is 4.80. The van der Waals surface area contributed by atoms with Crippen LogP contribution in [0, 0.1) is 0 Å². The van der Waals surface area contributed by atoms with Crippen LogP contribution in [0.2, 0.25) is 0 Å². The van der Waals surface area contributed by atoms with E-state index in [0.717, 1.165) is 26.0 Å². The van der Waals surface area contributed by atoms with E-state index in [1.165, 1.54) is 19.1 Å². The highest BCUT2D eigenvalue weighted by Crippen LogP contribution is 2.28. The Balaban J connectivity index is 3.08. The van der Waals surface area contributed by atoms with E-state index in [2.05, 4.69) is 9.50 Å². The maximum absolute atomic E-state index is 12.5. The molecule has 1 N–H and O–H groups in total. The Kier molecular flexibility index (Phi) is 8.85. The fourth-order valence-electron chi connectivity index (χ4n) is 2.48. The number of aryl methyl sites for hydroxylation is 1. The maximum atomic E-state index is 12.5. The molecular formula is C18H22F3NO8S. The summed E-state index contributed by atoms with van der Waals surface area (Å²) in [6, 6.07) is 4.89. The number of halogens is 3. The Hall–Kier alpha value is -2.83. The zero-order valence-corrected chi connectivity index (χ0v) is 17.8. The number of nitrogens with one attached hydrogen (secondary N) is 1. The lowest BCUT2D eigenvalue weighted by atomic mass is 9.92.